The molecule has 0 spiro atoms. The van der Waals surface area contributed by atoms with E-state index in [-0.39, 0.29) is 18.2 Å². The highest BCUT2D eigenvalue weighted by atomic mass is 35.5. The summed E-state index contributed by atoms with van der Waals surface area (Å²) in [7, 11) is 0. The zero-order valence-electron chi connectivity index (χ0n) is 19.0. The van der Waals surface area contributed by atoms with Crippen molar-refractivity contribution in [1.82, 2.24) is 4.90 Å². The second-order valence-electron chi connectivity index (χ2n) is 9.40. The molecule has 0 amide bonds. The number of aliphatic hydroxyl groups is 2. The van der Waals surface area contributed by atoms with Crippen LogP contribution in [0, 0.1) is 12.7 Å². The number of piperidine rings is 1. The van der Waals surface area contributed by atoms with E-state index in [0.29, 0.717) is 44.8 Å². The second-order valence-corrected chi connectivity index (χ2v) is 9.81. The lowest BCUT2D eigenvalue weighted by atomic mass is 9.90. The van der Waals surface area contributed by atoms with Gasteiger partial charge in [-0.15, -0.1) is 0 Å². The molecule has 2 heterocycles. The number of rotatable bonds is 6. The van der Waals surface area contributed by atoms with E-state index in [2.05, 4.69) is 41.0 Å². The van der Waals surface area contributed by atoms with Gasteiger partial charge in [-0.2, -0.15) is 0 Å². The molecule has 6 nitrogen and oxygen atoms in total. The number of β-amino-alcohol motifs (C(OH)–C–C–N with tert-alkyl or cyclic N) is 2. The molecule has 2 aromatic carbocycles. The molecular weight excluding hydrogens is 447 g/mol. The topological polar surface area (TPSA) is 65.4 Å². The minimum Gasteiger partial charge on any atom is -0.490 e. The van der Waals surface area contributed by atoms with Gasteiger partial charge in [0.05, 0.1) is 23.8 Å². The third kappa shape index (κ3) is 6.37. The van der Waals surface area contributed by atoms with Gasteiger partial charge in [-0.3, -0.25) is 4.90 Å². The second kappa shape index (κ2) is 10.2. The average Bonchev–Trinajstić information content (AvgIpc) is 2.97. The van der Waals surface area contributed by atoms with Crippen molar-refractivity contribution in [1.29, 1.82) is 0 Å². The van der Waals surface area contributed by atoms with Gasteiger partial charge in [0.15, 0.2) is 0 Å². The maximum absolute atomic E-state index is 13.4. The highest BCUT2D eigenvalue weighted by molar-refractivity contribution is 6.30. The molecule has 1 atom stereocenters. The van der Waals surface area contributed by atoms with Gasteiger partial charge in [-0.25, -0.2) is 4.39 Å². The van der Waals surface area contributed by atoms with E-state index in [1.54, 1.807) is 0 Å². The summed E-state index contributed by atoms with van der Waals surface area (Å²) < 4.78 is 24.7. The summed E-state index contributed by atoms with van der Waals surface area (Å²) in [4.78, 5) is 4.35. The highest BCUT2D eigenvalue weighted by Gasteiger charge is 2.39. The number of halogens is 2. The van der Waals surface area contributed by atoms with Crippen molar-refractivity contribution in [3.63, 3.8) is 0 Å². The molecule has 0 aliphatic carbocycles. The zero-order valence-corrected chi connectivity index (χ0v) is 19.7. The largest absolute Gasteiger partial charge is 0.490 e. The first-order valence-corrected chi connectivity index (χ1v) is 11.8. The third-order valence-electron chi connectivity index (χ3n) is 6.45. The van der Waals surface area contributed by atoms with Gasteiger partial charge in [-0.1, -0.05) is 29.3 Å². The Balaban J connectivity index is 1.33. The normalized spacial score (nSPS) is 23.8. The summed E-state index contributed by atoms with van der Waals surface area (Å²) in [6.07, 6.45) is 1.31. The minimum absolute atomic E-state index is 0.0227. The number of aryl methyl sites for hydroxylation is 1. The van der Waals surface area contributed by atoms with Crippen molar-refractivity contribution in [2.45, 2.75) is 31.0 Å². The molecule has 2 fully saturated rings. The molecule has 0 bridgehead atoms. The van der Waals surface area contributed by atoms with Crippen LogP contribution in [0.1, 0.15) is 18.4 Å². The SMILES string of the molecule is Cc1ccc(N2CCC(O)(CN3CCOCC(O)(COc4ccc(F)c(Cl)c4)C3)CC2)cc1. The molecule has 8 heteroatoms. The van der Waals surface area contributed by atoms with Crippen molar-refractivity contribution in [2.24, 2.45) is 0 Å². The molecule has 2 aromatic rings. The van der Waals surface area contributed by atoms with Crippen LogP contribution in [-0.4, -0.2) is 78.9 Å². The third-order valence-corrected chi connectivity index (χ3v) is 6.74. The molecule has 180 valence electrons. The summed E-state index contributed by atoms with van der Waals surface area (Å²) in [5, 5.41) is 22.4. The molecule has 1 unspecified atom stereocenters. The van der Waals surface area contributed by atoms with Crippen molar-refractivity contribution < 1.29 is 24.1 Å². The lowest BCUT2D eigenvalue weighted by molar-refractivity contribution is -0.0742. The number of hydrogen-bond donors (Lipinski definition) is 2. The van der Waals surface area contributed by atoms with Crippen LogP contribution in [0.5, 0.6) is 5.75 Å². The lowest BCUT2D eigenvalue weighted by Crippen LogP contribution is -2.55. The molecule has 2 aliphatic heterocycles. The Morgan fingerprint density at radius 3 is 2.48 bits per heavy atom. The van der Waals surface area contributed by atoms with Gasteiger partial charge in [-0.05, 0) is 44.0 Å². The molecule has 0 aromatic heterocycles. The van der Waals surface area contributed by atoms with Crippen LogP contribution in [-0.2, 0) is 4.74 Å². The van der Waals surface area contributed by atoms with E-state index >= 15 is 0 Å². The number of nitrogens with zero attached hydrogens (tertiary/aromatic N) is 2. The maximum atomic E-state index is 13.4. The fourth-order valence-corrected chi connectivity index (χ4v) is 4.68. The summed E-state index contributed by atoms with van der Waals surface area (Å²) in [6, 6.07) is 12.6. The van der Waals surface area contributed by atoms with Crippen molar-refractivity contribution in [3.05, 3.63) is 58.9 Å². The number of benzene rings is 2. The van der Waals surface area contributed by atoms with E-state index in [1.165, 1.54) is 29.4 Å². The van der Waals surface area contributed by atoms with Crippen molar-refractivity contribution >= 4 is 17.3 Å². The van der Waals surface area contributed by atoms with Crippen LogP contribution in [0.3, 0.4) is 0 Å². The molecule has 4 rings (SSSR count). The van der Waals surface area contributed by atoms with Gasteiger partial charge in [0.1, 0.15) is 23.8 Å². The summed E-state index contributed by atoms with van der Waals surface area (Å²) >= 11 is 5.82. The molecular formula is C25H32ClFN2O4. The molecule has 2 N–H and O–H groups in total. The Kier molecular flexibility index (Phi) is 7.46. The molecule has 2 saturated heterocycles. The van der Waals surface area contributed by atoms with Gasteiger partial charge < -0.3 is 24.6 Å². The molecule has 0 saturated carbocycles. The van der Waals surface area contributed by atoms with Crippen molar-refractivity contribution in [3.8, 4) is 5.75 Å². The Bertz CT molecular complexity index is 937. The van der Waals surface area contributed by atoms with Crippen molar-refractivity contribution in [2.75, 3.05) is 57.4 Å². The van der Waals surface area contributed by atoms with Gasteiger partial charge in [0, 0.05) is 44.5 Å². The van der Waals surface area contributed by atoms with Crippen LogP contribution in [0.25, 0.3) is 0 Å². The Morgan fingerprint density at radius 1 is 1.06 bits per heavy atom. The van der Waals surface area contributed by atoms with Crippen LogP contribution in [0.15, 0.2) is 42.5 Å². The first kappa shape index (κ1) is 24.2. The average molecular weight is 479 g/mol. The van der Waals surface area contributed by atoms with Crippen LogP contribution >= 0.6 is 11.6 Å². The van der Waals surface area contributed by atoms with E-state index < -0.39 is 17.0 Å². The smallest absolute Gasteiger partial charge is 0.142 e. The van der Waals surface area contributed by atoms with Crippen LogP contribution < -0.4 is 9.64 Å². The predicted octanol–water partition coefficient (Wildman–Crippen LogP) is 3.26. The fourth-order valence-electron chi connectivity index (χ4n) is 4.51. The van der Waals surface area contributed by atoms with E-state index in [4.69, 9.17) is 21.1 Å². The first-order valence-electron chi connectivity index (χ1n) is 11.4. The summed E-state index contributed by atoms with van der Waals surface area (Å²) in [5.41, 5.74) is 0.335. The van der Waals surface area contributed by atoms with E-state index in [1.807, 2.05) is 0 Å². The molecule has 33 heavy (non-hydrogen) atoms. The minimum atomic E-state index is -1.25. The highest BCUT2D eigenvalue weighted by Crippen LogP contribution is 2.29. The Morgan fingerprint density at radius 2 is 1.79 bits per heavy atom. The fraction of sp³-hybridized carbons (Fsp3) is 0.520. The van der Waals surface area contributed by atoms with Crippen LogP contribution in [0.2, 0.25) is 5.02 Å². The lowest BCUT2D eigenvalue weighted by Gasteiger charge is -2.42. The van der Waals surface area contributed by atoms with Gasteiger partial charge in [0.2, 0.25) is 0 Å². The predicted molar refractivity (Wildman–Crippen MR) is 127 cm³/mol. The zero-order chi connectivity index (χ0) is 23.5. The number of hydrogen-bond acceptors (Lipinski definition) is 6. The maximum Gasteiger partial charge on any atom is 0.142 e. The van der Waals surface area contributed by atoms with Gasteiger partial charge in [0.25, 0.3) is 0 Å². The standard InChI is InChI=1S/C25H32ClFN2O4/c1-19-2-4-20(5-3-19)29-10-8-24(30,9-11-29)15-28-12-13-32-17-25(31,16-28)18-33-21-6-7-23(27)22(26)14-21/h2-7,14,30-31H,8-13,15-18H2,1H3. The first-order chi connectivity index (χ1) is 15.7. The molecule has 0 radical (unpaired) electrons. The Hall–Kier alpha value is -1.90. The van der Waals surface area contributed by atoms with Gasteiger partial charge >= 0.3 is 0 Å². The van der Waals surface area contributed by atoms with Crippen LogP contribution in [0.4, 0.5) is 10.1 Å². The Labute approximate surface area is 199 Å². The number of anilines is 1. The molecule has 2 aliphatic rings. The van der Waals surface area contributed by atoms with E-state index in [0.717, 1.165) is 13.1 Å². The summed E-state index contributed by atoms with van der Waals surface area (Å²) in [5.74, 6) is -0.138. The quantitative estimate of drug-likeness (QED) is 0.664. The van der Waals surface area contributed by atoms with E-state index in [9.17, 15) is 14.6 Å². The monoisotopic (exact) mass is 478 g/mol. The summed E-state index contributed by atoms with van der Waals surface area (Å²) in [6.45, 7) is 5.60. The number of ether oxygens (including phenoxy) is 2.